The average Bonchev–Trinajstić information content (AvgIpc) is 2.77. The van der Waals surface area contributed by atoms with Gasteiger partial charge in [-0.15, -0.1) is 0 Å². The molecule has 0 saturated heterocycles. The van der Waals surface area contributed by atoms with Gasteiger partial charge in [0, 0.05) is 16.4 Å². The van der Waals surface area contributed by atoms with E-state index in [0.29, 0.717) is 28.9 Å². The van der Waals surface area contributed by atoms with Gasteiger partial charge in [-0.1, -0.05) is 30.7 Å². The smallest absolute Gasteiger partial charge is 0.416 e. The molecule has 0 heterocycles. The van der Waals surface area contributed by atoms with Crippen molar-refractivity contribution in [1.29, 1.82) is 0 Å². The zero-order valence-corrected chi connectivity index (χ0v) is 19.3. The van der Waals surface area contributed by atoms with Crippen LogP contribution in [0.2, 0.25) is 5.02 Å². The summed E-state index contributed by atoms with van der Waals surface area (Å²) in [6, 6.07) is 15.7. The second-order valence-electron chi connectivity index (χ2n) is 7.17. The first-order chi connectivity index (χ1) is 16.0. The van der Waals surface area contributed by atoms with Gasteiger partial charge in [0.15, 0.2) is 6.10 Å². The fourth-order valence-corrected chi connectivity index (χ4v) is 4.17. The van der Waals surface area contributed by atoms with Crippen LogP contribution >= 0.6 is 11.6 Å². The van der Waals surface area contributed by atoms with Crippen molar-refractivity contribution in [3.05, 3.63) is 83.4 Å². The molecule has 0 bridgehead atoms. The number of carbonyl (C=O) groups is 1. The van der Waals surface area contributed by atoms with E-state index < -0.39 is 33.8 Å². The number of anilines is 2. The van der Waals surface area contributed by atoms with Crippen molar-refractivity contribution >= 4 is 38.9 Å². The Kier molecular flexibility index (Phi) is 7.73. The molecule has 0 aliphatic rings. The summed E-state index contributed by atoms with van der Waals surface area (Å²) in [5, 5.41) is 3.10. The number of rotatable bonds is 8. The minimum Gasteiger partial charge on any atom is -0.481 e. The fourth-order valence-electron chi connectivity index (χ4n) is 2.94. The second-order valence-corrected chi connectivity index (χ2v) is 9.29. The molecular weight excluding hydrogens is 493 g/mol. The van der Waals surface area contributed by atoms with Gasteiger partial charge < -0.3 is 10.1 Å². The molecule has 0 fully saturated rings. The Morgan fingerprint density at radius 2 is 1.68 bits per heavy atom. The maximum Gasteiger partial charge on any atom is 0.416 e. The summed E-state index contributed by atoms with van der Waals surface area (Å²) in [6.45, 7) is 1.77. The largest absolute Gasteiger partial charge is 0.481 e. The van der Waals surface area contributed by atoms with Gasteiger partial charge in [0.1, 0.15) is 5.75 Å². The molecule has 3 aromatic rings. The van der Waals surface area contributed by atoms with Crippen molar-refractivity contribution < 1.29 is 31.1 Å². The Labute approximate surface area is 199 Å². The third kappa shape index (κ3) is 6.64. The van der Waals surface area contributed by atoms with E-state index in [-0.39, 0.29) is 10.6 Å². The van der Waals surface area contributed by atoms with E-state index in [1.165, 1.54) is 30.3 Å². The molecule has 0 unspecified atom stereocenters. The van der Waals surface area contributed by atoms with E-state index in [4.69, 9.17) is 16.3 Å². The molecule has 180 valence electrons. The van der Waals surface area contributed by atoms with Crippen LogP contribution in [0, 0.1) is 0 Å². The summed E-state index contributed by atoms with van der Waals surface area (Å²) in [7, 11) is -4.15. The van der Waals surface area contributed by atoms with Crippen LogP contribution in [0.1, 0.15) is 18.9 Å². The van der Waals surface area contributed by atoms with Gasteiger partial charge >= 0.3 is 6.18 Å². The zero-order valence-electron chi connectivity index (χ0n) is 17.8. The number of ether oxygens (including phenoxy) is 1. The highest BCUT2D eigenvalue weighted by molar-refractivity contribution is 7.92. The molecule has 1 atom stereocenters. The van der Waals surface area contributed by atoms with Crippen LogP contribution in [0.3, 0.4) is 0 Å². The molecule has 0 aliphatic heterocycles. The summed E-state index contributed by atoms with van der Waals surface area (Å²) in [5.41, 5.74) is -0.886. The van der Waals surface area contributed by atoms with Crippen LogP contribution < -0.4 is 14.8 Å². The molecule has 3 aromatic carbocycles. The van der Waals surface area contributed by atoms with Crippen LogP contribution in [-0.2, 0) is 21.0 Å². The first kappa shape index (κ1) is 25.4. The van der Waals surface area contributed by atoms with Crippen LogP contribution in [0.15, 0.2) is 77.7 Å². The maximum absolute atomic E-state index is 12.9. The molecule has 0 saturated carbocycles. The van der Waals surface area contributed by atoms with Crippen molar-refractivity contribution in [2.75, 3.05) is 10.0 Å². The number of amides is 1. The third-order valence-electron chi connectivity index (χ3n) is 4.61. The number of hydrogen-bond donors (Lipinski definition) is 2. The van der Waals surface area contributed by atoms with Crippen molar-refractivity contribution in [1.82, 2.24) is 0 Å². The van der Waals surface area contributed by atoms with Crippen molar-refractivity contribution in [2.45, 2.75) is 30.5 Å². The van der Waals surface area contributed by atoms with E-state index in [9.17, 15) is 26.4 Å². The number of nitrogens with one attached hydrogen (secondary N) is 2. The Balaban J connectivity index is 1.68. The number of benzene rings is 3. The SMILES string of the molecule is CC[C@H](Oc1cccc(Cl)c1)C(=O)Nc1ccc(S(=O)(=O)Nc2cccc(C(F)(F)F)c2)cc1. The van der Waals surface area contributed by atoms with Crippen LogP contribution in [0.25, 0.3) is 0 Å². The van der Waals surface area contributed by atoms with Gasteiger partial charge in [0.25, 0.3) is 15.9 Å². The standard InChI is InChI=1S/C23H20ClF3N2O4S/c1-2-21(33-19-8-4-6-16(24)14-19)22(30)28-17-9-11-20(12-10-17)34(31,32)29-18-7-3-5-15(13-18)23(25,26)27/h3-14,21,29H,2H2,1H3,(H,28,30)/t21-/m0/s1. The second kappa shape index (κ2) is 10.4. The first-order valence-electron chi connectivity index (χ1n) is 10.0. The van der Waals surface area contributed by atoms with Crippen LogP contribution in [-0.4, -0.2) is 20.4 Å². The van der Waals surface area contributed by atoms with Gasteiger partial charge in [-0.3, -0.25) is 9.52 Å². The maximum atomic E-state index is 12.9. The summed E-state index contributed by atoms with van der Waals surface area (Å²) in [4.78, 5) is 12.4. The first-order valence-corrected chi connectivity index (χ1v) is 11.9. The predicted octanol–water partition coefficient (Wildman–Crippen LogP) is 5.96. The highest BCUT2D eigenvalue weighted by Gasteiger charge is 2.30. The monoisotopic (exact) mass is 512 g/mol. The molecule has 11 heteroatoms. The zero-order chi connectivity index (χ0) is 24.9. The van der Waals surface area contributed by atoms with E-state index >= 15 is 0 Å². The molecule has 6 nitrogen and oxygen atoms in total. The van der Waals surface area contributed by atoms with Crippen molar-refractivity contribution in [2.24, 2.45) is 0 Å². The molecule has 34 heavy (non-hydrogen) atoms. The lowest BCUT2D eigenvalue weighted by atomic mass is 10.2. The fraction of sp³-hybridized carbons (Fsp3) is 0.174. The summed E-state index contributed by atoms with van der Waals surface area (Å²) >= 11 is 5.93. The third-order valence-corrected chi connectivity index (χ3v) is 6.24. The highest BCUT2D eigenvalue weighted by Crippen LogP contribution is 2.31. The predicted molar refractivity (Wildman–Crippen MR) is 123 cm³/mol. The van der Waals surface area contributed by atoms with Gasteiger partial charge in [-0.2, -0.15) is 13.2 Å². The van der Waals surface area contributed by atoms with Gasteiger partial charge in [0.05, 0.1) is 10.5 Å². The molecule has 0 aliphatic carbocycles. The summed E-state index contributed by atoms with van der Waals surface area (Å²) in [6.07, 6.45) is -5.05. The minimum absolute atomic E-state index is 0.190. The lowest BCUT2D eigenvalue weighted by molar-refractivity contribution is -0.137. The van der Waals surface area contributed by atoms with Crippen molar-refractivity contribution in [3.8, 4) is 5.75 Å². The Bertz CT molecular complexity index is 1270. The van der Waals surface area contributed by atoms with E-state index in [1.54, 1.807) is 31.2 Å². The minimum atomic E-state index is -4.60. The van der Waals surface area contributed by atoms with E-state index in [0.717, 1.165) is 12.1 Å². The van der Waals surface area contributed by atoms with Crippen LogP contribution in [0.4, 0.5) is 24.5 Å². The molecule has 0 radical (unpaired) electrons. The lowest BCUT2D eigenvalue weighted by Crippen LogP contribution is -2.32. The molecule has 3 rings (SSSR count). The van der Waals surface area contributed by atoms with Gasteiger partial charge in [0.2, 0.25) is 0 Å². The van der Waals surface area contributed by atoms with Gasteiger partial charge in [-0.25, -0.2) is 8.42 Å². The molecule has 0 spiro atoms. The number of alkyl halides is 3. The number of hydrogen-bond acceptors (Lipinski definition) is 4. The average molecular weight is 513 g/mol. The van der Waals surface area contributed by atoms with Gasteiger partial charge in [-0.05, 0) is 67.1 Å². The molecule has 0 aromatic heterocycles. The Morgan fingerprint density at radius 1 is 1.00 bits per heavy atom. The Morgan fingerprint density at radius 3 is 2.29 bits per heavy atom. The van der Waals surface area contributed by atoms with Crippen LogP contribution in [0.5, 0.6) is 5.75 Å². The quantitative estimate of drug-likeness (QED) is 0.390. The highest BCUT2D eigenvalue weighted by atomic mass is 35.5. The summed E-state index contributed by atoms with van der Waals surface area (Å²) in [5.74, 6) is -0.0169. The number of halogens is 4. The van der Waals surface area contributed by atoms with Crippen molar-refractivity contribution in [3.63, 3.8) is 0 Å². The number of sulfonamides is 1. The van der Waals surface area contributed by atoms with E-state index in [1.807, 2.05) is 0 Å². The molecule has 1 amide bonds. The normalized spacial score (nSPS) is 12.6. The van der Waals surface area contributed by atoms with E-state index in [2.05, 4.69) is 10.0 Å². The topological polar surface area (TPSA) is 84.5 Å². The molecule has 2 N–H and O–H groups in total. The summed E-state index contributed by atoms with van der Waals surface area (Å²) < 4.78 is 71.5. The number of carbonyl (C=O) groups excluding carboxylic acids is 1. The molecular formula is C23H20ClF3N2O4S. The Hall–Kier alpha value is -3.24. The lowest BCUT2D eigenvalue weighted by Gasteiger charge is -2.17.